The highest BCUT2D eigenvalue weighted by atomic mass is 16.5. The molecule has 0 aromatic heterocycles. The molecule has 1 aromatic rings. The van der Waals surface area contributed by atoms with Gasteiger partial charge in [-0.2, -0.15) is 0 Å². The number of carbonyl (C=O) groups is 2. The van der Waals surface area contributed by atoms with Crippen molar-refractivity contribution in [1.82, 2.24) is 15.1 Å². The van der Waals surface area contributed by atoms with E-state index < -0.39 is 0 Å². The minimum Gasteiger partial charge on any atom is -0.384 e. The monoisotopic (exact) mass is 333 g/mol. The van der Waals surface area contributed by atoms with Crippen molar-refractivity contribution in [3.63, 3.8) is 0 Å². The van der Waals surface area contributed by atoms with E-state index >= 15 is 0 Å². The molecule has 1 fully saturated rings. The topological polar surface area (TPSA) is 61.9 Å². The van der Waals surface area contributed by atoms with Crippen LogP contribution >= 0.6 is 0 Å². The van der Waals surface area contributed by atoms with Crippen LogP contribution in [-0.2, 0) is 20.7 Å². The molecule has 1 saturated heterocycles. The number of methoxy groups -OCH3 is 1. The van der Waals surface area contributed by atoms with Crippen molar-refractivity contribution >= 4 is 11.8 Å². The Balaban J connectivity index is 1.96. The largest absolute Gasteiger partial charge is 0.384 e. The highest BCUT2D eigenvalue weighted by Gasteiger charge is 2.33. The summed E-state index contributed by atoms with van der Waals surface area (Å²) in [6.07, 6.45) is 1.26. The van der Waals surface area contributed by atoms with Gasteiger partial charge < -0.3 is 15.0 Å². The molecule has 132 valence electrons. The molecule has 1 aromatic carbocycles. The van der Waals surface area contributed by atoms with Gasteiger partial charge in [0.1, 0.15) is 6.04 Å². The van der Waals surface area contributed by atoms with Gasteiger partial charge in [-0.1, -0.05) is 30.3 Å². The van der Waals surface area contributed by atoms with E-state index in [1.807, 2.05) is 18.2 Å². The van der Waals surface area contributed by atoms with Gasteiger partial charge in [-0.15, -0.1) is 0 Å². The molecular formula is C18H27N3O3. The number of nitrogens with zero attached hydrogens (tertiary/aromatic N) is 2. The van der Waals surface area contributed by atoms with Gasteiger partial charge in [-0.25, -0.2) is 0 Å². The second-order valence-electron chi connectivity index (χ2n) is 5.98. The number of hydrogen-bond acceptors (Lipinski definition) is 4. The van der Waals surface area contributed by atoms with Crippen LogP contribution in [0.25, 0.3) is 0 Å². The van der Waals surface area contributed by atoms with E-state index in [9.17, 15) is 9.59 Å². The summed E-state index contributed by atoms with van der Waals surface area (Å²) in [5.74, 6) is 0.0146. The molecule has 6 heteroatoms. The number of amides is 2. The smallest absolute Gasteiger partial charge is 0.238 e. The Morgan fingerprint density at radius 3 is 2.67 bits per heavy atom. The molecule has 0 aliphatic carbocycles. The Hall–Kier alpha value is -1.92. The standard InChI is InChI=1S/C18H27N3O3/c1-19-18(23)16-14-21(17(22)9-13-24-2)12-11-20(16)10-8-15-6-4-3-5-7-15/h3-7,16H,8-14H2,1-2H3,(H,19,23)/t16-/m0/s1. The van der Waals surface area contributed by atoms with Crippen molar-refractivity contribution in [3.05, 3.63) is 35.9 Å². The number of rotatable bonds is 7. The Kier molecular flexibility index (Phi) is 7.21. The maximum absolute atomic E-state index is 12.3. The Labute approximate surface area is 143 Å². The summed E-state index contributed by atoms with van der Waals surface area (Å²) < 4.78 is 4.97. The predicted molar refractivity (Wildman–Crippen MR) is 92.6 cm³/mol. The van der Waals surface area contributed by atoms with Crippen molar-refractivity contribution in [1.29, 1.82) is 0 Å². The molecule has 0 spiro atoms. The number of benzene rings is 1. The number of nitrogens with one attached hydrogen (secondary N) is 1. The fraction of sp³-hybridized carbons (Fsp3) is 0.556. The van der Waals surface area contributed by atoms with Crippen LogP contribution in [-0.4, -0.2) is 74.6 Å². The van der Waals surface area contributed by atoms with Crippen molar-refractivity contribution in [2.24, 2.45) is 0 Å². The lowest BCUT2D eigenvalue weighted by Gasteiger charge is -2.40. The highest BCUT2D eigenvalue weighted by Crippen LogP contribution is 2.13. The molecular weight excluding hydrogens is 306 g/mol. The average molecular weight is 333 g/mol. The summed E-state index contributed by atoms with van der Waals surface area (Å²) in [5, 5.41) is 2.72. The average Bonchev–Trinajstić information content (AvgIpc) is 2.64. The molecule has 6 nitrogen and oxygen atoms in total. The Morgan fingerprint density at radius 2 is 2.00 bits per heavy atom. The summed E-state index contributed by atoms with van der Waals surface area (Å²) >= 11 is 0. The molecule has 0 bridgehead atoms. The van der Waals surface area contributed by atoms with E-state index in [0.717, 1.165) is 13.0 Å². The van der Waals surface area contributed by atoms with Crippen molar-refractivity contribution in [2.45, 2.75) is 18.9 Å². The zero-order chi connectivity index (χ0) is 17.4. The zero-order valence-corrected chi connectivity index (χ0v) is 14.5. The van der Waals surface area contributed by atoms with Gasteiger partial charge >= 0.3 is 0 Å². The predicted octanol–water partition coefficient (Wildman–Crippen LogP) is 0.524. The van der Waals surface area contributed by atoms with Gasteiger partial charge in [0.2, 0.25) is 11.8 Å². The van der Waals surface area contributed by atoms with Crippen molar-refractivity contribution < 1.29 is 14.3 Å². The summed E-state index contributed by atoms with van der Waals surface area (Å²) in [6, 6.07) is 9.95. The SMILES string of the molecule is CNC(=O)[C@@H]1CN(C(=O)CCOC)CCN1CCc1ccccc1. The summed E-state index contributed by atoms with van der Waals surface area (Å²) in [7, 11) is 3.23. The molecule has 1 heterocycles. The van der Waals surface area contributed by atoms with E-state index in [0.29, 0.717) is 32.7 Å². The van der Waals surface area contributed by atoms with Crippen LogP contribution in [0.3, 0.4) is 0 Å². The van der Waals surface area contributed by atoms with Crippen LogP contribution < -0.4 is 5.32 Å². The summed E-state index contributed by atoms with van der Waals surface area (Å²) in [5.41, 5.74) is 1.26. The first kappa shape index (κ1) is 18.4. The lowest BCUT2D eigenvalue weighted by molar-refractivity contribution is -0.138. The fourth-order valence-electron chi connectivity index (χ4n) is 2.99. The lowest BCUT2D eigenvalue weighted by atomic mass is 10.1. The quantitative estimate of drug-likeness (QED) is 0.790. The Bertz CT molecular complexity index is 536. The van der Waals surface area contributed by atoms with Gasteiger partial charge in [0, 0.05) is 40.3 Å². The van der Waals surface area contributed by atoms with E-state index in [4.69, 9.17) is 4.74 Å². The third kappa shape index (κ3) is 5.04. The molecule has 1 aliphatic heterocycles. The molecule has 0 unspecified atom stereocenters. The van der Waals surface area contributed by atoms with Crippen LogP contribution in [0.15, 0.2) is 30.3 Å². The second kappa shape index (κ2) is 9.39. The number of piperazine rings is 1. The molecule has 1 aliphatic rings. The first-order valence-corrected chi connectivity index (χ1v) is 8.42. The summed E-state index contributed by atoms with van der Waals surface area (Å²) in [6.45, 7) is 3.03. The molecule has 0 saturated carbocycles. The molecule has 24 heavy (non-hydrogen) atoms. The van der Waals surface area contributed by atoms with Crippen LogP contribution in [0.4, 0.5) is 0 Å². The maximum Gasteiger partial charge on any atom is 0.238 e. The summed E-state index contributed by atoms with van der Waals surface area (Å²) in [4.78, 5) is 28.4. The van der Waals surface area contributed by atoms with Gasteiger partial charge in [-0.05, 0) is 12.0 Å². The van der Waals surface area contributed by atoms with Crippen LogP contribution in [0.5, 0.6) is 0 Å². The number of likely N-dealkylation sites (N-methyl/N-ethyl adjacent to an activating group) is 1. The molecule has 1 atom stereocenters. The maximum atomic E-state index is 12.3. The van der Waals surface area contributed by atoms with E-state index in [1.54, 1.807) is 19.1 Å². The first-order valence-electron chi connectivity index (χ1n) is 8.42. The molecule has 0 radical (unpaired) electrons. The minimum atomic E-state index is -0.293. The van der Waals surface area contributed by atoms with E-state index in [1.165, 1.54) is 5.56 Å². The van der Waals surface area contributed by atoms with Crippen LogP contribution in [0.1, 0.15) is 12.0 Å². The van der Waals surface area contributed by atoms with Gasteiger partial charge in [-0.3, -0.25) is 14.5 Å². The molecule has 1 N–H and O–H groups in total. The first-order chi connectivity index (χ1) is 11.7. The van der Waals surface area contributed by atoms with Gasteiger partial charge in [0.05, 0.1) is 13.0 Å². The highest BCUT2D eigenvalue weighted by molar-refractivity contribution is 5.83. The van der Waals surface area contributed by atoms with Gasteiger partial charge in [0.25, 0.3) is 0 Å². The zero-order valence-electron chi connectivity index (χ0n) is 14.5. The Morgan fingerprint density at radius 1 is 1.25 bits per heavy atom. The minimum absolute atomic E-state index is 0.0349. The third-order valence-electron chi connectivity index (χ3n) is 4.44. The number of carbonyl (C=O) groups excluding carboxylic acids is 2. The number of hydrogen-bond donors (Lipinski definition) is 1. The third-order valence-corrected chi connectivity index (χ3v) is 4.44. The second-order valence-corrected chi connectivity index (χ2v) is 5.98. The van der Waals surface area contributed by atoms with Crippen molar-refractivity contribution in [2.75, 3.05) is 46.9 Å². The number of ether oxygens (including phenoxy) is 1. The molecule has 2 rings (SSSR count). The fourth-order valence-corrected chi connectivity index (χ4v) is 2.99. The van der Waals surface area contributed by atoms with E-state index in [2.05, 4.69) is 22.3 Å². The van der Waals surface area contributed by atoms with E-state index in [-0.39, 0.29) is 17.9 Å². The lowest BCUT2D eigenvalue weighted by Crippen LogP contribution is -2.60. The molecule has 2 amide bonds. The van der Waals surface area contributed by atoms with Crippen molar-refractivity contribution in [3.8, 4) is 0 Å². The van der Waals surface area contributed by atoms with Gasteiger partial charge in [0.15, 0.2) is 0 Å². The van der Waals surface area contributed by atoms with Crippen LogP contribution in [0, 0.1) is 0 Å². The van der Waals surface area contributed by atoms with Crippen LogP contribution in [0.2, 0.25) is 0 Å². The normalized spacial score (nSPS) is 18.4.